The van der Waals surface area contributed by atoms with Crippen molar-refractivity contribution in [1.29, 1.82) is 5.26 Å². The lowest BCUT2D eigenvalue weighted by Gasteiger charge is -2.19. The molecule has 2 rings (SSSR count). The number of benzene rings is 1. The van der Waals surface area contributed by atoms with Crippen LogP contribution in [0, 0.1) is 32.1 Å². The van der Waals surface area contributed by atoms with E-state index in [1.807, 2.05) is 45.0 Å². The Labute approximate surface area is 165 Å². The van der Waals surface area contributed by atoms with Gasteiger partial charge in [0.05, 0.1) is 5.56 Å². The topological polar surface area (TPSA) is 92.3 Å². The summed E-state index contributed by atoms with van der Waals surface area (Å²) in [5.74, 6) is -0.331. The van der Waals surface area contributed by atoms with Crippen molar-refractivity contribution in [3.05, 3.63) is 56.4 Å². The maximum absolute atomic E-state index is 13.1. The minimum Gasteiger partial charge on any atom is -0.494 e. The number of aromatic nitrogens is 1. The summed E-state index contributed by atoms with van der Waals surface area (Å²) in [7, 11) is 0. The van der Waals surface area contributed by atoms with Crippen LogP contribution in [0.1, 0.15) is 59.3 Å². The van der Waals surface area contributed by atoms with Gasteiger partial charge < -0.3 is 9.84 Å². The molecule has 0 aliphatic heterocycles. The number of carbonyl (C=O) groups excluding carboxylic acids is 1. The zero-order chi connectivity index (χ0) is 21.0. The molecular formula is C22H26N2O4. The molecule has 0 amide bonds. The molecule has 0 spiro atoms. The number of hydrogen-bond acceptors (Lipinski definition) is 5. The van der Waals surface area contributed by atoms with Gasteiger partial charge in [-0.2, -0.15) is 5.26 Å². The largest absolute Gasteiger partial charge is 0.494 e. The Morgan fingerprint density at radius 3 is 2.39 bits per heavy atom. The highest BCUT2D eigenvalue weighted by Crippen LogP contribution is 2.26. The summed E-state index contributed by atoms with van der Waals surface area (Å²) in [6.07, 6.45) is 0.551. The third-order valence-electron chi connectivity index (χ3n) is 4.66. The zero-order valence-corrected chi connectivity index (χ0v) is 17.0. The molecule has 1 heterocycles. The molecule has 28 heavy (non-hydrogen) atoms. The summed E-state index contributed by atoms with van der Waals surface area (Å²) >= 11 is 0. The number of nitrogens with zero attached hydrogens (tertiary/aromatic N) is 2. The van der Waals surface area contributed by atoms with Crippen LogP contribution >= 0.6 is 0 Å². The Hall–Kier alpha value is -3.07. The van der Waals surface area contributed by atoms with E-state index < -0.39 is 23.3 Å². The van der Waals surface area contributed by atoms with Crippen LogP contribution in [0.4, 0.5) is 0 Å². The Kier molecular flexibility index (Phi) is 6.63. The fourth-order valence-electron chi connectivity index (χ4n) is 3.23. The van der Waals surface area contributed by atoms with Crippen molar-refractivity contribution in [2.75, 3.05) is 0 Å². The lowest BCUT2D eigenvalue weighted by Crippen LogP contribution is -2.30. The fraction of sp³-hybridized carbons (Fsp3) is 0.409. The van der Waals surface area contributed by atoms with Crippen LogP contribution in [0.15, 0.2) is 23.0 Å². The Balaban J connectivity index is 2.48. The quantitative estimate of drug-likeness (QED) is 0.735. The third-order valence-corrected chi connectivity index (χ3v) is 4.66. The summed E-state index contributed by atoms with van der Waals surface area (Å²) in [6, 6.07) is 7.52. The first-order chi connectivity index (χ1) is 13.2. The molecule has 1 unspecified atom stereocenters. The van der Waals surface area contributed by atoms with E-state index >= 15 is 0 Å². The predicted octanol–water partition coefficient (Wildman–Crippen LogP) is 3.80. The highest BCUT2D eigenvalue weighted by atomic mass is 16.5. The van der Waals surface area contributed by atoms with Gasteiger partial charge in [-0.1, -0.05) is 19.4 Å². The van der Waals surface area contributed by atoms with E-state index in [4.69, 9.17) is 4.74 Å². The van der Waals surface area contributed by atoms with Gasteiger partial charge in [0, 0.05) is 6.54 Å². The molecular weight excluding hydrogens is 356 g/mol. The number of aryl methyl sites for hydroxylation is 2. The summed E-state index contributed by atoms with van der Waals surface area (Å²) in [6.45, 7) is 9.15. The van der Waals surface area contributed by atoms with Gasteiger partial charge in [-0.15, -0.1) is 0 Å². The van der Waals surface area contributed by atoms with Gasteiger partial charge in [0.15, 0.2) is 6.10 Å². The number of ketones is 1. The monoisotopic (exact) mass is 382 g/mol. The summed E-state index contributed by atoms with van der Waals surface area (Å²) in [5.41, 5.74) is 1.45. The number of hydrogen-bond donors (Lipinski definition) is 1. The van der Waals surface area contributed by atoms with Crippen LogP contribution < -0.4 is 10.3 Å². The Morgan fingerprint density at radius 1 is 1.25 bits per heavy atom. The molecule has 0 fully saturated rings. The minimum atomic E-state index is -0.894. The number of aromatic hydroxyl groups is 1. The van der Waals surface area contributed by atoms with Crippen LogP contribution in [0.25, 0.3) is 0 Å². The molecule has 1 aromatic heterocycles. The summed E-state index contributed by atoms with van der Waals surface area (Å²) in [5, 5.41) is 20.0. The first-order valence-corrected chi connectivity index (χ1v) is 9.36. The predicted molar refractivity (Wildman–Crippen MR) is 107 cm³/mol. The molecule has 2 aromatic rings. The van der Waals surface area contributed by atoms with Crippen LogP contribution in [-0.4, -0.2) is 21.6 Å². The van der Waals surface area contributed by atoms with Crippen LogP contribution in [0.2, 0.25) is 0 Å². The van der Waals surface area contributed by atoms with Gasteiger partial charge in [-0.3, -0.25) is 14.2 Å². The van der Waals surface area contributed by atoms with E-state index in [1.165, 1.54) is 6.92 Å². The molecule has 0 saturated carbocycles. The third kappa shape index (κ3) is 4.25. The van der Waals surface area contributed by atoms with E-state index in [0.717, 1.165) is 22.1 Å². The second-order valence-corrected chi connectivity index (χ2v) is 7.07. The molecule has 0 radical (unpaired) electrons. The van der Waals surface area contributed by atoms with Crippen molar-refractivity contribution in [1.82, 2.24) is 4.57 Å². The number of nitriles is 1. The second kappa shape index (κ2) is 8.75. The summed E-state index contributed by atoms with van der Waals surface area (Å²) in [4.78, 5) is 25.6. The number of Topliss-reactive ketones (excluding diaryl/α,β-unsaturated/α-hetero) is 1. The van der Waals surface area contributed by atoms with Crippen LogP contribution in [0.3, 0.4) is 0 Å². The highest BCUT2D eigenvalue weighted by Gasteiger charge is 2.28. The molecule has 0 saturated heterocycles. The fourth-order valence-corrected chi connectivity index (χ4v) is 3.23. The summed E-state index contributed by atoms with van der Waals surface area (Å²) < 4.78 is 6.90. The Morgan fingerprint density at radius 2 is 1.86 bits per heavy atom. The number of unbranched alkanes of at least 4 members (excludes halogenated alkanes) is 1. The van der Waals surface area contributed by atoms with Gasteiger partial charge in [0.2, 0.25) is 11.7 Å². The maximum Gasteiger partial charge on any atom is 0.271 e. The molecule has 0 aliphatic rings. The lowest BCUT2D eigenvalue weighted by molar-refractivity contribution is 0.0812. The molecule has 0 bridgehead atoms. The zero-order valence-electron chi connectivity index (χ0n) is 17.0. The molecule has 1 atom stereocenters. The first kappa shape index (κ1) is 21.2. The average molecular weight is 382 g/mol. The maximum atomic E-state index is 13.1. The van der Waals surface area contributed by atoms with E-state index in [2.05, 4.69) is 0 Å². The molecule has 1 N–H and O–H groups in total. The molecule has 0 aliphatic carbocycles. The smallest absolute Gasteiger partial charge is 0.271 e. The average Bonchev–Trinajstić information content (AvgIpc) is 2.61. The van der Waals surface area contributed by atoms with Crippen LogP contribution in [0.5, 0.6) is 11.6 Å². The van der Waals surface area contributed by atoms with Gasteiger partial charge in [0.25, 0.3) is 5.56 Å². The van der Waals surface area contributed by atoms with E-state index in [9.17, 15) is 20.0 Å². The van der Waals surface area contributed by atoms with Crippen molar-refractivity contribution >= 4 is 5.78 Å². The van der Waals surface area contributed by atoms with E-state index in [-0.39, 0.29) is 23.2 Å². The standard InChI is InChI=1S/C22H26N2O4/c1-6-7-8-24-21(26)18(12-23)15(4)19(22(24)27)20(25)16(5)28-17-10-13(2)9-14(3)11-17/h9-11,16,27H,6-8H2,1-5H3. The normalized spacial score (nSPS) is 11.7. The van der Waals surface area contributed by atoms with Gasteiger partial charge in [0.1, 0.15) is 17.4 Å². The van der Waals surface area contributed by atoms with Crippen molar-refractivity contribution in [3.63, 3.8) is 0 Å². The number of pyridine rings is 1. The molecule has 6 heteroatoms. The minimum absolute atomic E-state index is 0.0378. The van der Waals surface area contributed by atoms with E-state index in [1.54, 1.807) is 6.92 Å². The molecule has 148 valence electrons. The first-order valence-electron chi connectivity index (χ1n) is 9.36. The van der Waals surface area contributed by atoms with Crippen molar-refractivity contribution < 1.29 is 14.6 Å². The van der Waals surface area contributed by atoms with E-state index in [0.29, 0.717) is 12.2 Å². The highest BCUT2D eigenvalue weighted by molar-refractivity contribution is 6.03. The van der Waals surface area contributed by atoms with Gasteiger partial charge in [-0.05, 0) is 62.9 Å². The van der Waals surface area contributed by atoms with Crippen molar-refractivity contribution in [2.24, 2.45) is 0 Å². The van der Waals surface area contributed by atoms with Gasteiger partial charge >= 0.3 is 0 Å². The lowest BCUT2D eigenvalue weighted by atomic mass is 9.99. The van der Waals surface area contributed by atoms with Crippen molar-refractivity contribution in [3.8, 4) is 17.7 Å². The molecule has 1 aromatic carbocycles. The van der Waals surface area contributed by atoms with Crippen molar-refractivity contribution in [2.45, 2.75) is 60.1 Å². The Bertz CT molecular complexity index is 979. The van der Waals surface area contributed by atoms with Gasteiger partial charge in [-0.25, -0.2) is 0 Å². The second-order valence-electron chi connectivity index (χ2n) is 7.07. The number of carbonyl (C=O) groups is 1. The SMILES string of the molecule is CCCCn1c(O)c(C(=O)C(C)Oc2cc(C)cc(C)c2)c(C)c(C#N)c1=O. The van der Waals surface area contributed by atoms with Crippen LogP contribution in [-0.2, 0) is 6.54 Å². The molecule has 6 nitrogen and oxygen atoms in total. The number of ether oxygens (including phenoxy) is 1. The number of rotatable bonds is 7.